The van der Waals surface area contributed by atoms with E-state index in [1.165, 1.54) is 13.2 Å². The van der Waals surface area contributed by atoms with Crippen LogP contribution in [0.1, 0.15) is 26.3 Å². The molecule has 0 heterocycles. The minimum absolute atomic E-state index is 0.128. The van der Waals surface area contributed by atoms with Gasteiger partial charge in [0.1, 0.15) is 0 Å². The van der Waals surface area contributed by atoms with Crippen LogP contribution in [-0.4, -0.2) is 34.1 Å². The molecule has 0 saturated heterocycles. The smallest absolute Gasteiger partial charge is 0.330 e. The Morgan fingerprint density at radius 3 is 2.38 bits per heavy atom. The normalized spacial score (nSPS) is 13.9. The molecule has 0 aliphatic heterocycles. The summed E-state index contributed by atoms with van der Waals surface area (Å²) in [5, 5.41) is 0.128. The molecule has 0 spiro atoms. The van der Waals surface area contributed by atoms with Crippen molar-refractivity contribution in [2.75, 3.05) is 13.7 Å². The van der Waals surface area contributed by atoms with E-state index in [0.717, 1.165) is 5.56 Å². The fraction of sp³-hybridized carbons (Fsp3) is 0.526. The molecule has 4 nitrogen and oxygen atoms in total. The van der Waals surface area contributed by atoms with Gasteiger partial charge in [0.2, 0.25) is 0 Å². The zero-order valence-corrected chi connectivity index (χ0v) is 16.7. The van der Waals surface area contributed by atoms with Gasteiger partial charge in [-0.15, -0.1) is 0 Å². The van der Waals surface area contributed by atoms with Crippen LogP contribution in [0.3, 0.4) is 0 Å². The zero-order valence-electron chi connectivity index (χ0n) is 15.7. The fourth-order valence-electron chi connectivity index (χ4n) is 1.70. The summed E-state index contributed by atoms with van der Waals surface area (Å²) in [7, 11) is -0.511. The number of esters is 1. The highest BCUT2D eigenvalue weighted by molar-refractivity contribution is 6.74. The first-order valence-corrected chi connectivity index (χ1v) is 11.1. The van der Waals surface area contributed by atoms with E-state index in [4.69, 9.17) is 9.16 Å². The Hall–Kier alpha value is -1.43. The number of hydrogen-bond donors (Lipinski definition) is 0. The van der Waals surface area contributed by atoms with Crippen molar-refractivity contribution in [1.82, 2.24) is 0 Å². The average Bonchev–Trinajstić information content (AvgIpc) is 2.53. The van der Waals surface area contributed by atoms with Crippen LogP contribution in [0.4, 0.5) is 0 Å². The number of benzene rings is 1. The van der Waals surface area contributed by atoms with E-state index < -0.39 is 14.3 Å². The molecule has 0 aromatic heterocycles. The molecule has 0 aliphatic rings. The lowest BCUT2D eigenvalue weighted by molar-refractivity contribution is -0.134. The lowest BCUT2D eigenvalue weighted by Gasteiger charge is -2.37. The van der Waals surface area contributed by atoms with Crippen molar-refractivity contribution in [2.45, 2.75) is 51.6 Å². The Morgan fingerprint density at radius 1 is 1.21 bits per heavy atom. The van der Waals surface area contributed by atoms with Crippen molar-refractivity contribution in [3.8, 4) is 0 Å². The summed E-state index contributed by atoms with van der Waals surface area (Å²) in [6.07, 6.45) is 2.81. The number of methoxy groups -OCH3 is 1. The van der Waals surface area contributed by atoms with Crippen LogP contribution in [0, 0.1) is 0 Å². The van der Waals surface area contributed by atoms with Gasteiger partial charge in [-0.1, -0.05) is 51.1 Å². The van der Waals surface area contributed by atoms with Crippen LogP contribution in [0.25, 0.3) is 0 Å². The molecule has 0 radical (unpaired) electrons. The minimum atomic E-state index is -1.87. The molecule has 0 aliphatic carbocycles. The molecule has 24 heavy (non-hydrogen) atoms. The maximum absolute atomic E-state index is 11.4. The first-order valence-electron chi connectivity index (χ1n) is 8.21. The maximum Gasteiger partial charge on any atom is 0.330 e. The maximum atomic E-state index is 11.4. The van der Waals surface area contributed by atoms with E-state index >= 15 is 0 Å². The van der Waals surface area contributed by atoms with Gasteiger partial charge >= 0.3 is 5.97 Å². The zero-order chi connectivity index (χ0) is 18.2. The van der Waals surface area contributed by atoms with Gasteiger partial charge in [-0.3, -0.25) is 0 Å². The van der Waals surface area contributed by atoms with Crippen LogP contribution in [-0.2, 0) is 25.3 Å². The lowest BCUT2D eigenvalue weighted by Crippen LogP contribution is -2.42. The van der Waals surface area contributed by atoms with Crippen LogP contribution in [0.15, 0.2) is 42.5 Å². The van der Waals surface area contributed by atoms with E-state index in [2.05, 4.69) is 38.6 Å². The van der Waals surface area contributed by atoms with Crippen LogP contribution >= 0.6 is 0 Å². The topological polar surface area (TPSA) is 44.8 Å². The Balaban J connectivity index is 2.70. The highest BCUT2D eigenvalue weighted by atomic mass is 28.4. The Kier molecular flexibility index (Phi) is 7.86. The minimum Gasteiger partial charge on any atom is -0.466 e. The van der Waals surface area contributed by atoms with Crippen molar-refractivity contribution in [1.29, 1.82) is 0 Å². The van der Waals surface area contributed by atoms with Crippen molar-refractivity contribution in [3.63, 3.8) is 0 Å². The van der Waals surface area contributed by atoms with E-state index in [1.54, 1.807) is 6.08 Å². The summed E-state index contributed by atoms with van der Waals surface area (Å²) in [6, 6.07) is 9.94. The molecule has 1 atom stereocenters. The average molecular weight is 351 g/mol. The van der Waals surface area contributed by atoms with Gasteiger partial charge in [0, 0.05) is 6.08 Å². The third kappa shape index (κ3) is 6.99. The Morgan fingerprint density at radius 2 is 1.83 bits per heavy atom. The van der Waals surface area contributed by atoms with Gasteiger partial charge in [0.25, 0.3) is 0 Å². The summed E-state index contributed by atoms with van der Waals surface area (Å²) in [4.78, 5) is 11.4. The van der Waals surface area contributed by atoms with Gasteiger partial charge in [0.05, 0.1) is 26.4 Å². The molecule has 0 fully saturated rings. The molecule has 0 bridgehead atoms. The number of ether oxygens (including phenoxy) is 2. The third-order valence-electron chi connectivity index (χ3n) is 4.37. The predicted octanol–water partition coefficient (Wildman–Crippen LogP) is 4.32. The molecule has 134 valence electrons. The SMILES string of the molecule is COC(=O)/C=C/[C@H](CO[Si](C)(C)C(C)(C)C)OCc1ccccc1. The number of carbonyl (C=O) groups excluding carboxylic acids is 1. The van der Waals surface area contributed by atoms with Crippen LogP contribution in [0.5, 0.6) is 0 Å². The van der Waals surface area contributed by atoms with Gasteiger partial charge in [-0.25, -0.2) is 4.79 Å². The second-order valence-corrected chi connectivity index (χ2v) is 12.1. The highest BCUT2D eigenvalue weighted by Crippen LogP contribution is 2.36. The Bertz CT molecular complexity index is 532. The second-order valence-electron chi connectivity index (χ2n) is 7.29. The van der Waals surface area contributed by atoms with Crippen molar-refractivity contribution >= 4 is 14.3 Å². The first kappa shape index (κ1) is 20.6. The molecule has 1 aromatic rings. The van der Waals surface area contributed by atoms with E-state index in [0.29, 0.717) is 13.2 Å². The van der Waals surface area contributed by atoms with E-state index in [1.807, 2.05) is 30.3 Å². The van der Waals surface area contributed by atoms with Crippen LogP contribution < -0.4 is 0 Å². The van der Waals surface area contributed by atoms with E-state index in [9.17, 15) is 4.79 Å². The van der Waals surface area contributed by atoms with Gasteiger partial charge in [-0.2, -0.15) is 0 Å². The molecule has 5 heteroatoms. The molecule has 1 aromatic carbocycles. The van der Waals surface area contributed by atoms with E-state index in [-0.39, 0.29) is 11.1 Å². The molecule has 1 rings (SSSR count). The summed E-state index contributed by atoms with van der Waals surface area (Å²) in [6.45, 7) is 11.9. The number of rotatable bonds is 8. The van der Waals surface area contributed by atoms with Crippen molar-refractivity contribution in [3.05, 3.63) is 48.0 Å². The molecular formula is C19H30O4Si. The van der Waals surface area contributed by atoms with Crippen molar-refractivity contribution in [2.24, 2.45) is 0 Å². The first-order chi connectivity index (χ1) is 11.2. The number of carbonyl (C=O) groups is 1. The standard InChI is InChI=1S/C19H30O4Si/c1-19(2,3)24(5,6)23-15-17(12-13-18(20)21-4)22-14-16-10-8-7-9-11-16/h7-13,17H,14-15H2,1-6H3/b13-12+/t17-/m1/s1. The highest BCUT2D eigenvalue weighted by Gasteiger charge is 2.37. The summed E-state index contributed by atoms with van der Waals surface area (Å²) < 4.78 is 16.8. The largest absolute Gasteiger partial charge is 0.466 e. The quantitative estimate of drug-likeness (QED) is 0.398. The number of hydrogen-bond acceptors (Lipinski definition) is 4. The molecule has 0 amide bonds. The Labute approximate surface area is 146 Å². The van der Waals surface area contributed by atoms with Gasteiger partial charge in [-0.05, 0) is 29.8 Å². The molecular weight excluding hydrogens is 320 g/mol. The van der Waals surface area contributed by atoms with Gasteiger partial charge in [0.15, 0.2) is 8.32 Å². The summed E-state index contributed by atoms with van der Waals surface area (Å²) in [5.41, 5.74) is 1.08. The fourth-order valence-corrected chi connectivity index (χ4v) is 2.71. The molecule has 0 unspecified atom stereocenters. The monoisotopic (exact) mass is 350 g/mol. The van der Waals surface area contributed by atoms with Crippen molar-refractivity contribution < 1.29 is 18.7 Å². The predicted molar refractivity (Wildman–Crippen MR) is 99.3 cm³/mol. The molecule has 0 N–H and O–H groups in total. The second kappa shape index (κ2) is 9.16. The molecule has 0 saturated carbocycles. The van der Waals surface area contributed by atoms with Crippen LogP contribution in [0.2, 0.25) is 18.1 Å². The summed E-state index contributed by atoms with van der Waals surface area (Å²) >= 11 is 0. The lowest BCUT2D eigenvalue weighted by atomic mass is 10.2. The van der Waals surface area contributed by atoms with Gasteiger partial charge < -0.3 is 13.9 Å². The summed E-state index contributed by atoms with van der Waals surface area (Å²) in [5.74, 6) is -0.393. The third-order valence-corrected chi connectivity index (χ3v) is 8.87.